The summed E-state index contributed by atoms with van der Waals surface area (Å²) >= 11 is 0.876. The second kappa shape index (κ2) is 3.44. The quantitative estimate of drug-likeness (QED) is 0.398. The molecule has 12 heavy (non-hydrogen) atoms. The summed E-state index contributed by atoms with van der Waals surface area (Å²) in [4.78, 5) is 21.4. The molecule has 0 fully saturated rings. The van der Waals surface area contributed by atoms with Gasteiger partial charge in [-0.1, -0.05) is 0 Å². The molecule has 0 aliphatic heterocycles. The number of halogens is 1. The highest BCUT2D eigenvalue weighted by Gasteiger charge is 2.21. The van der Waals surface area contributed by atoms with E-state index in [0.717, 1.165) is 24.5 Å². The average Bonchev–Trinajstić information content (AvgIpc) is 2.48. The highest BCUT2D eigenvalue weighted by molar-refractivity contribution is 7.13. The van der Waals surface area contributed by atoms with Gasteiger partial charge in [0.1, 0.15) is 10.7 Å². The van der Waals surface area contributed by atoms with Crippen molar-refractivity contribution in [1.82, 2.24) is 0 Å². The van der Waals surface area contributed by atoms with Crippen LogP contribution in [0.15, 0.2) is 11.4 Å². The van der Waals surface area contributed by atoms with E-state index in [2.05, 4.69) is 4.74 Å². The maximum absolute atomic E-state index is 12.7. The Hall–Kier alpha value is -1.23. The molecular formula is C7H5FO3S. The van der Waals surface area contributed by atoms with Crippen LogP contribution in [0.5, 0.6) is 0 Å². The maximum atomic E-state index is 12.7. The molecule has 0 N–H and O–H groups in total. The molecule has 1 aromatic rings. The molecule has 5 heteroatoms. The lowest BCUT2D eigenvalue weighted by molar-refractivity contribution is -0.135. The number of thiophene rings is 1. The third-order valence-corrected chi connectivity index (χ3v) is 2.08. The van der Waals surface area contributed by atoms with Crippen LogP contribution >= 0.6 is 11.3 Å². The summed E-state index contributed by atoms with van der Waals surface area (Å²) in [7, 11) is 1.08. The number of ether oxygens (including phenoxy) is 1. The molecule has 1 rings (SSSR count). The Kier molecular flexibility index (Phi) is 2.54. The molecule has 0 aromatic carbocycles. The number of Topliss-reactive ketones (excluding diaryl/α,β-unsaturated/α-hetero) is 1. The van der Waals surface area contributed by atoms with Crippen LogP contribution in [0, 0.1) is 5.82 Å². The zero-order chi connectivity index (χ0) is 9.14. The van der Waals surface area contributed by atoms with E-state index in [1.807, 2.05) is 0 Å². The monoisotopic (exact) mass is 188 g/mol. The predicted octanol–water partition coefficient (Wildman–Crippen LogP) is 1.24. The number of carbonyl (C=O) groups is 2. The van der Waals surface area contributed by atoms with Crippen LogP contribution in [0.1, 0.15) is 9.67 Å². The molecule has 0 saturated heterocycles. The van der Waals surface area contributed by atoms with Crippen LogP contribution in [0.2, 0.25) is 0 Å². The van der Waals surface area contributed by atoms with E-state index in [1.54, 1.807) is 0 Å². The van der Waals surface area contributed by atoms with Gasteiger partial charge in [-0.25, -0.2) is 9.18 Å². The van der Waals surface area contributed by atoms with E-state index < -0.39 is 17.6 Å². The minimum Gasteiger partial charge on any atom is -0.463 e. The van der Waals surface area contributed by atoms with Crippen molar-refractivity contribution >= 4 is 23.1 Å². The Bertz CT molecular complexity index is 318. The molecule has 0 aliphatic rings. The predicted molar refractivity (Wildman–Crippen MR) is 40.6 cm³/mol. The first-order valence-electron chi connectivity index (χ1n) is 3.02. The minimum atomic E-state index is -1.05. The van der Waals surface area contributed by atoms with Gasteiger partial charge in [-0.05, 0) is 11.4 Å². The summed E-state index contributed by atoms with van der Waals surface area (Å²) in [5.41, 5.74) is 0. The summed E-state index contributed by atoms with van der Waals surface area (Å²) in [6.07, 6.45) is 0. The number of ketones is 1. The van der Waals surface area contributed by atoms with E-state index >= 15 is 0 Å². The fourth-order valence-corrected chi connectivity index (χ4v) is 1.34. The van der Waals surface area contributed by atoms with Gasteiger partial charge in [-0.15, -0.1) is 11.3 Å². The van der Waals surface area contributed by atoms with Crippen molar-refractivity contribution < 1.29 is 18.7 Å². The number of hydrogen-bond donors (Lipinski definition) is 0. The Balaban J connectivity index is 2.93. The third-order valence-electron chi connectivity index (χ3n) is 1.19. The van der Waals surface area contributed by atoms with Crippen molar-refractivity contribution in [3.05, 3.63) is 22.1 Å². The van der Waals surface area contributed by atoms with Gasteiger partial charge in [0, 0.05) is 0 Å². The maximum Gasteiger partial charge on any atom is 0.380 e. The van der Waals surface area contributed by atoms with Gasteiger partial charge in [0.25, 0.3) is 5.78 Å². The number of rotatable bonds is 2. The van der Waals surface area contributed by atoms with Crippen molar-refractivity contribution in [1.29, 1.82) is 0 Å². The van der Waals surface area contributed by atoms with Crippen molar-refractivity contribution in [3.8, 4) is 0 Å². The molecule has 0 amide bonds. The van der Waals surface area contributed by atoms with E-state index in [4.69, 9.17) is 0 Å². The van der Waals surface area contributed by atoms with Gasteiger partial charge in [0.15, 0.2) is 0 Å². The Labute approximate surface area is 71.8 Å². The van der Waals surface area contributed by atoms with Gasteiger partial charge in [-0.3, -0.25) is 4.79 Å². The number of methoxy groups -OCH3 is 1. The molecule has 1 aromatic heterocycles. The summed E-state index contributed by atoms with van der Waals surface area (Å²) in [5, 5.41) is 1.39. The number of hydrogen-bond acceptors (Lipinski definition) is 4. The molecule has 0 aliphatic carbocycles. The molecule has 0 bridgehead atoms. The first kappa shape index (κ1) is 8.86. The molecule has 1 heterocycles. The van der Waals surface area contributed by atoms with Crippen LogP contribution in [-0.4, -0.2) is 18.9 Å². The third kappa shape index (κ3) is 1.50. The summed E-state index contributed by atoms with van der Waals surface area (Å²) in [6, 6.07) is 1.13. The molecule has 0 unspecified atom stereocenters. The van der Waals surface area contributed by atoms with Crippen molar-refractivity contribution in [2.24, 2.45) is 0 Å². The van der Waals surface area contributed by atoms with Gasteiger partial charge in [0.05, 0.1) is 7.11 Å². The highest BCUT2D eigenvalue weighted by atomic mass is 32.1. The second-order valence-corrected chi connectivity index (χ2v) is 2.83. The summed E-state index contributed by atoms with van der Waals surface area (Å²) in [5.74, 6) is -2.67. The lowest BCUT2D eigenvalue weighted by atomic mass is 10.3. The van der Waals surface area contributed by atoms with Crippen LogP contribution < -0.4 is 0 Å². The molecule has 64 valence electrons. The van der Waals surface area contributed by atoms with Crippen molar-refractivity contribution in [2.75, 3.05) is 7.11 Å². The van der Waals surface area contributed by atoms with Gasteiger partial charge in [-0.2, -0.15) is 0 Å². The fraction of sp³-hybridized carbons (Fsp3) is 0.143. The normalized spacial score (nSPS) is 9.50. The minimum absolute atomic E-state index is 0.207. The van der Waals surface area contributed by atoms with Crippen molar-refractivity contribution in [2.45, 2.75) is 0 Å². The Morgan fingerprint density at radius 3 is 2.67 bits per heavy atom. The van der Waals surface area contributed by atoms with E-state index in [0.29, 0.717) is 0 Å². The lowest BCUT2D eigenvalue weighted by Gasteiger charge is -1.94. The molecular weight excluding hydrogens is 183 g/mol. The first-order chi connectivity index (χ1) is 5.66. The molecule has 0 saturated carbocycles. The first-order valence-corrected chi connectivity index (χ1v) is 3.90. The number of esters is 1. The zero-order valence-corrected chi connectivity index (χ0v) is 6.98. The average molecular weight is 188 g/mol. The summed E-state index contributed by atoms with van der Waals surface area (Å²) in [6.45, 7) is 0. The fourth-order valence-electron chi connectivity index (χ4n) is 0.641. The van der Waals surface area contributed by atoms with Crippen LogP contribution in [-0.2, 0) is 9.53 Å². The Morgan fingerprint density at radius 1 is 1.58 bits per heavy atom. The second-order valence-electron chi connectivity index (χ2n) is 1.92. The molecule has 3 nitrogen and oxygen atoms in total. The lowest BCUT2D eigenvalue weighted by Crippen LogP contribution is -2.15. The molecule has 0 spiro atoms. The topological polar surface area (TPSA) is 43.4 Å². The van der Waals surface area contributed by atoms with E-state index in [-0.39, 0.29) is 4.88 Å². The van der Waals surface area contributed by atoms with Crippen LogP contribution in [0.3, 0.4) is 0 Å². The zero-order valence-electron chi connectivity index (χ0n) is 6.17. The van der Waals surface area contributed by atoms with Gasteiger partial charge < -0.3 is 4.74 Å². The van der Waals surface area contributed by atoms with Crippen LogP contribution in [0.25, 0.3) is 0 Å². The molecule has 0 radical (unpaired) electrons. The standard InChI is InChI=1S/C7H5FO3S/c1-11-7(10)5(9)6-4(8)2-3-12-6/h2-3H,1H3. The smallest absolute Gasteiger partial charge is 0.380 e. The van der Waals surface area contributed by atoms with Gasteiger partial charge in [0.2, 0.25) is 0 Å². The van der Waals surface area contributed by atoms with Gasteiger partial charge >= 0.3 is 5.97 Å². The largest absolute Gasteiger partial charge is 0.463 e. The summed E-state index contributed by atoms with van der Waals surface area (Å²) < 4.78 is 16.8. The number of carbonyl (C=O) groups excluding carboxylic acids is 2. The van der Waals surface area contributed by atoms with E-state index in [1.165, 1.54) is 5.38 Å². The SMILES string of the molecule is COC(=O)C(=O)c1sccc1F. The molecule has 0 atom stereocenters. The van der Waals surface area contributed by atoms with E-state index in [9.17, 15) is 14.0 Å². The van der Waals surface area contributed by atoms with Crippen molar-refractivity contribution in [3.63, 3.8) is 0 Å². The Morgan fingerprint density at radius 2 is 2.25 bits per heavy atom. The van der Waals surface area contributed by atoms with Crippen LogP contribution in [0.4, 0.5) is 4.39 Å². The highest BCUT2D eigenvalue weighted by Crippen LogP contribution is 2.15.